The van der Waals surface area contributed by atoms with Crippen LogP contribution in [0.25, 0.3) is 0 Å². The summed E-state index contributed by atoms with van der Waals surface area (Å²) in [5, 5.41) is 0. The van der Waals surface area contributed by atoms with Crippen molar-refractivity contribution < 1.29 is 4.79 Å². The van der Waals surface area contributed by atoms with E-state index in [-0.39, 0.29) is 16.6 Å². The van der Waals surface area contributed by atoms with E-state index in [0.717, 1.165) is 5.56 Å². The molecule has 0 saturated heterocycles. The molecule has 1 aliphatic rings. The molecule has 1 unspecified atom stereocenters. The number of ketones is 1. The average molecular weight is 244 g/mol. The fraction of sp³-hybridized carbons (Fsp3) is 0.588. The summed E-state index contributed by atoms with van der Waals surface area (Å²) in [4.78, 5) is 11.6. The first kappa shape index (κ1) is 13.3. The van der Waals surface area contributed by atoms with Crippen LogP contribution in [0.1, 0.15) is 69.4 Å². The van der Waals surface area contributed by atoms with Crippen molar-refractivity contribution >= 4 is 5.78 Å². The third kappa shape index (κ3) is 1.90. The van der Waals surface area contributed by atoms with Crippen molar-refractivity contribution in [2.75, 3.05) is 0 Å². The van der Waals surface area contributed by atoms with Crippen LogP contribution in [0.15, 0.2) is 18.2 Å². The van der Waals surface area contributed by atoms with Crippen LogP contribution < -0.4 is 0 Å². The van der Waals surface area contributed by atoms with Crippen LogP contribution in [-0.2, 0) is 10.8 Å². The second kappa shape index (κ2) is 3.94. The molecule has 2 rings (SSSR count). The Kier molecular flexibility index (Phi) is 2.92. The molecule has 1 aromatic carbocycles. The number of hydrogen-bond donors (Lipinski definition) is 0. The van der Waals surface area contributed by atoms with E-state index in [4.69, 9.17) is 0 Å². The van der Waals surface area contributed by atoms with E-state index in [1.165, 1.54) is 17.5 Å². The van der Waals surface area contributed by atoms with E-state index < -0.39 is 0 Å². The summed E-state index contributed by atoms with van der Waals surface area (Å²) >= 11 is 0. The lowest BCUT2D eigenvalue weighted by atomic mass is 9.58. The Morgan fingerprint density at radius 2 is 1.78 bits per heavy atom. The maximum absolute atomic E-state index is 11.6. The minimum atomic E-state index is 0.157. The van der Waals surface area contributed by atoms with Crippen LogP contribution in [0, 0.1) is 5.92 Å². The van der Waals surface area contributed by atoms with Crippen molar-refractivity contribution in [3.8, 4) is 0 Å². The second-order valence-electron chi connectivity index (χ2n) is 7.03. The number of carbonyl (C=O) groups excluding carboxylic acids is 1. The molecule has 1 aromatic rings. The average Bonchev–Trinajstić information content (AvgIpc) is 2.26. The molecule has 0 fully saturated rings. The topological polar surface area (TPSA) is 17.1 Å². The Morgan fingerprint density at radius 1 is 1.17 bits per heavy atom. The van der Waals surface area contributed by atoms with Crippen molar-refractivity contribution in [3.63, 3.8) is 0 Å². The zero-order valence-corrected chi connectivity index (χ0v) is 12.4. The first-order valence-corrected chi connectivity index (χ1v) is 6.82. The molecule has 1 heteroatoms. The molecule has 0 radical (unpaired) electrons. The van der Waals surface area contributed by atoms with Gasteiger partial charge in [-0.15, -0.1) is 0 Å². The van der Waals surface area contributed by atoms with E-state index >= 15 is 0 Å². The maximum Gasteiger partial charge on any atom is 0.159 e. The van der Waals surface area contributed by atoms with E-state index in [1.54, 1.807) is 6.92 Å². The van der Waals surface area contributed by atoms with Gasteiger partial charge in [0.05, 0.1) is 0 Å². The lowest BCUT2D eigenvalue weighted by Crippen LogP contribution is -2.40. The number of carbonyl (C=O) groups is 1. The van der Waals surface area contributed by atoms with Crippen LogP contribution in [0.2, 0.25) is 0 Å². The number of Topliss-reactive ketones (excluding diaryl/α,β-unsaturated/α-hetero) is 1. The van der Waals surface area contributed by atoms with E-state index in [0.29, 0.717) is 5.92 Å². The zero-order chi connectivity index (χ0) is 13.7. The van der Waals surface area contributed by atoms with Gasteiger partial charge in [0, 0.05) is 5.56 Å². The highest BCUT2D eigenvalue weighted by Crippen LogP contribution is 2.49. The molecular weight excluding hydrogens is 220 g/mol. The maximum atomic E-state index is 11.6. The highest BCUT2D eigenvalue weighted by Gasteiger charge is 2.41. The van der Waals surface area contributed by atoms with Crippen LogP contribution in [0.5, 0.6) is 0 Å². The molecule has 0 bridgehead atoms. The molecule has 0 N–H and O–H groups in total. The molecule has 0 amide bonds. The number of rotatable bonds is 1. The summed E-state index contributed by atoms with van der Waals surface area (Å²) in [6.45, 7) is 13.2. The molecule has 98 valence electrons. The Bertz CT molecular complexity index is 494. The monoisotopic (exact) mass is 244 g/mol. The summed E-state index contributed by atoms with van der Waals surface area (Å²) in [6, 6.07) is 6.27. The highest BCUT2D eigenvalue weighted by atomic mass is 16.1. The van der Waals surface area contributed by atoms with Gasteiger partial charge < -0.3 is 0 Å². The summed E-state index contributed by atoms with van der Waals surface area (Å²) < 4.78 is 0. The van der Waals surface area contributed by atoms with Crippen LogP contribution in [0.3, 0.4) is 0 Å². The van der Waals surface area contributed by atoms with Crippen LogP contribution in [0.4, 0.5) is 0 Å². The highest BCUT2D eigenvalue weighted by molar-refractivity contribution is 5.94. The number of hydrogen-bond acceptors (Lipinski definition) is 1. The second-order valence-corrected chi connectivity index (χ2v) is 7.03. The van der Waals surface area contributed by atoms with Crippen molar-refractivity contribution in [3.05, 3.63) is 34.9 Å². The minimum absolute atomic E-state index is 0.157. The van der Waals surface area contributed by atoms with Crippen molar-refractivity contribution in [1.29, 1.82) is 0 Å². The summed E-state index contributed by atoms with van der Waals surface area (Å²) in [7, 11) is 0. The lowest BCUT2D eigenvalue weighted by Gasteiger charge is -2.46. The van der Waals surface area contributed by atoms with Gasteiger partial charge in [0.2, 0.25) is 0 Å². The zero-order valence-electron chi connectivity index (χ0n) is 12.4. The molecule has 0 heterocycles. The molecule has 18 heavy (non-hydrogen) atoms. The largest absolute Gasteiger partial charge is 0.295 e. The third-order valence-electron chi connectivity index (χ3n) is 4.90. The molecule has 1 aliphatic carbocycles. The molecule has 0 saturated carbocycles. The van der Waals surface area contributed by atoms with E-state index in [1.807, 2.05) is 6.07 Å². The third-order valence-corrected chi connectivity index (χ3v) is 4.90. The smallest absolute Gasteiger partial charge is 0.159 e. The van der Waals surface area contributed by atoms with Crippen molar-refractivity contribution in [2.24, 2.45) is 5.92 Å². The van der Waals surface area contributed by atoms with Gasteiger partial charge >= 0.3 is 0 Å². The Balaban J connectivity index is 2.67. The molecule has 0 spiro atoms. The van der Waals surface area contributed by atoms with E-state index in [9.17, 15) is 4.79 Å². The Hall–Kier alpha value is -1.11. The quantitative estimate of drug-likeness (QED) is 0.665. The number of benzene rings is 1. The molecule has 1 nitrogen and oxygen atoms in total. The van der Waals surface area contributed by atoms with Gasteiger partial charge in [0.15, 0.2) is 5.78 Å². The predicted molar refractivity (Wildman–Crippen MR) is 76.3 cm³/mol. The van der Waals surface area contributed by atoms with Gasteiger partial charge in [-0.05, 0) is 47.3 Å². The van der Waals surface area contributed by atoms with Crippen LogP contribution in [-0.4, -0.2) is 5.78 Å². The van der Waals surface area contributed by atoms with Crippen molar-refractivity contribution in [2.45, 2.75) is 58.8 Å². The van der Waals surface area contributed by atoms with Gasteiger partial charge in [-0.3, -0.25) is 4.79 Å². The summed E-state index contributed by atoms with van der Waals surface area (Å²) in [5.41, 5.74) is 3.97. The normalized spacial score (nSPS) is 24.4. The standard InChI is InChI=1S/C17H24O/c1-11-10-16(3,4)15-9-13(12(2)18)7-8-14(15)17(11,5)6/h7-9,11H,10H2,1-6H3. The van der Waals surface area contributed by atoms with Gasteiger partial charge in [-0.2, -0.15) is 0 Å². The van der Waals surface area contributed by atoms with Crippen molar-refractivity contribution in [1.82, 2.24) is 0 Å². The Labute approximate surface area is 111 Å². The van der Waals surface area contributed by atoms with E-state index in [2.05, 4.69) is 46.8 Å². The fourth-order valence-electron chi connectivity index (χ4n) is 3.28. The molecule has 1 atom stereocenters. The fourth-order valence-corrected chi connectivity index (χ4v) is 3.28. The minimum Gasteiger partial charge on any atom is -0.295 e. The summed E-state index contributed by atoms with van der Waals surface area (Å²) in [5.74, 6) is 0.813. The first-order valence-electron chi connectivity index (χ1n) is 6.82. The SMILES string of the molecule is CC(=O)c1ccc2c(c1)C(C)(C)CC(C)C2(C)C. The molecule has 0 aliphatic heterocycles. The predicted octanol–water partition coefficient (Wildman–Crippen LogP) is 4.48. The molecular formula is C17H24O. The van der Waals surface area contributed by atoms with Crippen LogP contribution >= 0.6 is 0 Å². The molecule has 0 aromatic heterocycles. The van der Waals surface area contributed by atoms with Gasteiger partial charge in [0.1, 0.15) is 0 Å². The first-order chi connectivity index (χ1) is 8.16. The summed E-state index contributed by atoms with van der Waals surface area (Å²) in [6.07, 6.45) is 1.17. The van der Waals surface area contributed by atoms with Gasteiger partial charge in [-0.1, -0.05) is 46.8 Å². The lowest BCUT2D eigenvalue weighted by molar-refractivity contribution is 0.101. The van der Waals surface area contributed by atoms with Gasteiger partial charge in [-0.25, -0.2) is 0 Å². The number of fused-ring (bicyclic) bond motifs is 1. The Morgan fingerprint density at radius 3 is 2.33 bits per heavy atom. The van der Waals surface area contributed by atoms with Gasteiger partial charge in [0.25, 0.3) is 0 Å².